The van der Waals surface area contributed by atoms with Crippen molar-refractivity contribution in [1.29, 1.82) is 0 Å². The third-order valence-electron chi connectivity index (χ3n) is 5.93. The molecule has 2 heteroatoms. The Labute approximate surface area is 174 Å². The Balaban J connectivity index is 1.90. The second kappa shape index (κ2) is 6.57. The zero-order valence-corrected chi connectivity index (χ0v) is 16.6. The minimum atomic E-state index is 0.858. The van der Waals surface area contributed by atoms with E-state index in [2.05, 4.69) is 84.9 Å². The number of benzene rings is 5. The Bertz CT molecular complexity index is 1470. The number of pyridine rings is 1. The summed E-state index contributed by atoms with van der Waals surface area (Å²) in [6, 6.07) is 34.1. The van der Waals surface area contributed by atoms with Crippen LogP contribution in [0.25, 0.3) is 54.5 Å². The SMILES string of the molecule is COc1ccc(-c2c3c(ccc4ccccc43)nc3ccc4ccccc4c23)cc1. The van der Waals surface area contributed by atoms with Crippen molar-refractivity contribution in [3.05, 3.63) is 97.1 Å². The quantitative estimate of drug-likeness (QED) is 0.229. The van der Waals surface area contributed by atoms with Gasteiger partial charge in [-0.25, -0.2) is 4.98 Å². The zero-order chi connectivity index (χ0) is 20.1. The third-order valence-corrected chi connectivity index (χ3v) is 5.93. The molecule has 6 aromatic rings. The molecule has 2 nitrogen and oxygen atoms in total. The van der Waals surface area contributed by atoms with Crippen LogP contribution >= 0.6 is 0 Å². The summed E-state index contributed by atoms with van der Waals surface area (Å²) in [6.07, 6.45) is 0. The molecule has 1 aromatic heterocycles. The lowest BCUT2D eigenvalue weighted by Crippen LogP contribution is -1.92. The van der Waals surface area contributed by atoms with Gasteiger partial charge in [0, 0.05) is 16.3 Å². The maximum atomic E-state index is 5.41. The van der Waals surface area contributed by atoms with Crippen molar-refractivity contribution in [2.75, 3.05) is 7.11 Å². The van der Waals surface area contributed by atoms with E-state index >= 15 is 0 Å². The summed E-state index contributed by atoms with van der Waals surface area (Å²) in [5.41, 5.74) is 4.43. The summed E-state index contributed by atoms with van der Waals surface area (Å²) in [5.74, 6) is 0.858. The number of aromatic nitrogens is 1. The molecule has 6 rings (SSSR count). The van der Waals surface area contributed by atoms with Gasteiger partial charge in [0.05, 0.1) is 18.1 Å². The average Bonchev–Trinajstić information content (AvgIpc) is 2.82. The summed E-state index contributed by atoms with van der Waals surface area (Å²) >= 11 is 0. The lowest BCUT2D eigenvalue weighted by Gasteiger charge is -2.16. The van der Waals surface area contributed by atoms with Crippen LogP contribution < -0.4 is 4.74 Å². The van der Waals surface area contributed by atoms with Gasteiger partial charge in [0.2, 0.25) is 0 Å². The molecule has 0 aliphatic heterocycles. The van der Waals surface area contributed by atoms with E-state index in [1.54, 1.807) is 7.11 Å². The van der Waals surface area contributed by atoms with Crippen molar-refractivity contribution in [3.8, 4) is 16.9 Å². The summed E-state index contributed by atoms with van der Waals surface area (Å²) in [7, 11) is 1.70. The van der Waals surface area contributed by atoms with Crippen molar-refractivity contribution in [2.24, 2.45) is 0 Å². The van der Waals surface area contributed by atoms with E-state index in [0.29, 0.717) is 0 Å². The molecule has 0 radical (unpaired) electrons. The van der Waals surface area contributed by atoms with E-state index in [-0.39, 0.29) is 0 Å². The molecule has 1 heterocycles. The van der Waals surface area contributed by atoms with Crippen LogP contribution in [0, 0.1) is 0 Å². The fourth-order valence-corrected chi connectivity index (χ4v) is 4.53. The van der Waals surface area contributed by atoms with Crippen LogP contribution in [0.2, 0.25) is 0 Å². The zero-order valence-electron chi connectivity index (χ0n) is 16.6. The molecule has 30 heavy (non-hydrogen) atoms. The van der Waals surface area contributed by atoms with Crippen molar-refractivity contribution >= 4 is 43.4 Å². The molecule has 0 N–H and O–H groups in total. The van der Waals surface area contributed by atoms with Crippen molar-refractivity contribution < 1.29 is 4.74 Å². The highest BCUT2D eigenvalue weighted by Gasteiger charge is 2.16. The third kappa shape index (κ3) is 2.47. The number of fused-ring (bicyclic) bond motifs is 6. The van der Waals surface area contributed by atoms with Crippen LogP contribution in [-0.2, 0) is 0 Å². The van der Waals surface area contributed by atoms with Gasteiger partial charge in [-0.05, 0) is 51.4 Å². The van der Waals surface area contributed by atoms with Gasteiger partial charge in [-0.2, -0.15) is 0 Å². The summed E-state index contributed by atoms with van der Waals surface area (Å²) < 4.78 is 5.41. The summed E-state index contributed by atoms with van der Waals surface area (Å²) in [4.78, 5) is 5.07. The van der Waals surface area contributed by atoms with Crippen LogP contribution in [0.1, 0.15) is 0 Å². The van der Waals surface area contributed by atoms with Gasteiger partial charge < -0.3 is 4.74 Å². The molecule has 0 saturated heterocycles. The molecular weight excluding hydrogens is 366 g/mol. The maximum Gasteiger partial charge on any atom is 0.118 e. The number of hydrogen-bond acceptors (Lipinski definition) is 2. The van der Waals surface area contributed by atoms with Gasteiger partial charge >= 0.3 is 0 Å². The number of rotatable bonds is 2. The van der Waals surface area contributed by atoms with E-state index in [0.717, 1.165) is 16.8 Å². The molecule has 142 valence electrons. The van der Waals surface area contributed by atoms with Gasteiger partial charge in [-0.15, -0.1) is 0 Å². The summed E-state index contributed by atoms with van der Waals surface area (Å²) in [6.45, 7) is 0. The van der Waals surface area contributed by atoms with Gasteiger partial charge in [0.15, 0.2) is 0 Å². The highest BCUT2D eigenvalue weighted by molar-refractivity contribution is 6.25. The molecule has 0 fully saturated rings. The Hall–Kier alpha value is -3.91. The van der Waals surface area contributed by atoms with E-state index in [1.165, 1.54) is 43.4 Å². The molecule has 0 aliphatic rings. The van der Waals surface area contributed by atoms with Crippen molar-refractivity contribution in [2.45, 2.75) is 0 Å². The lowest BCUT2D eigenvalue weighted by atomic mass is 9.90. The Morgan fingerprint density at radius 1 is 0.567 bits per heavy atom. The second-order valence-electron chi connectivity index (χ2n) is 7.58. The standard InChI is InChI=1S/C28H19NO/c1-30-21-14-10-20(11-15-21)26-27-22-8-4-2-6-18(22)12-16-24(27)29-25-17-13-19-7-3-5-9-23(19)28(25)26/h2-17H,1H3. The molecule has 0 unspecified atom stereocenters. The van der Waals surface area contributed by atoms with Crippen molar-refractivity contribution in [3.63, 3.8) is 0 Å². The topological polar surface area (TPSA) is 22.1 Å². The van der Waals surface area contributed by atoms with Gasteiger partial charge in [-0.3, -0.25) is 0 Å². The first-order chi connectivity index (χ1) is 14.8. The maximum absolute atomic E-state index is 5.41. The minimum absolute atomic E-state index is 0.858. The van der Waals surface area contributed by atoms with Crippen molar-refractivity contribution in [1.82, 2.24) is 4.98 Å². The fourth-order valence-electron chi connectivity index (χ4n) is 4.53. The Kier molecular flexibility index (Phi) is 3.72. The van der Waals surface area contributed by atoms with Crippen LogP contribution in [-0.4, -0.2) is 12.1 Å². The molecule has 0 atom stereocenters. The Morgan fingerprint density at radius 3 is 1.63 bits per heavy atom. The molecule has 0 saturated carbocycles. The largest absolute Gasteiger partial charge is 0.497 e. The molecule has 5 aromatic carbocycles. The normalized spacial score (nSPS) is 11.5. The van der Waals surface area contributed by atoms with E-state index < -0.39 is 0 Å². The lowest BCUT2D eigenvalue weighted by molar-refractivity contribution is 0.415. The first kappa shape index (κ1) is 17.0. The predicted octanol–water partition coefficient (Wildman–Crippen LogP) is 7.37. The first-order valence-corrected chi connectivity index (χ1v) is 10.1. The van der Waals surface area contributed by atoms with E-state index in [9.17, 15) is 0 Å². The van der Waals surface area contributed by atoms with Gasteiger partial charge in [0.25, 0.3) is 0 Å². The number of nitrogens with zero attached hydrogens (tertiary/aromatic N) is 1. The van der Waals surface area contributed by atoms with Crippen LogP contribution in [0.4, 0.5) is 0 Å². The second-order valence-corrected chi connectivity index (χ2v) is 7.58. The highest BCUT2D eigenvalue weighted by Crippen LogP contribution is 2.41. The number of methoxy groups -OCH3 is 1. The van der Waals surface area contributed by atoms with Gasteiger partial charge in [-0.1, -0.05) is 72.8 Å². The summed E-state index contributed by atoms with van der Waals surface area (Å²) in [5, 5.41) is 7.29. The molecule has 0 amide bonds. The monoisotopic (exact) mass is 385 g/mol. The first-order valence-electron chi connectivity index (χ1n) is 10.1. The van der Waals surface area contributed by atoms with Crippen LogP contribution in [0.15, 0.2) is 97.1 Å². The smallest absolute Gasteiger partial charge is 0.118 e. The molecular formula is C28H19NO. The van der Waals surface area contributed by atoms with E-state index in [1.807, 2.05) is 12.1 Å². The fraction of sp³-hybridized carbons (Fsp3) is 0.0357. The number of ether oxygens (including phenoxy) is 1. The highest BCUT2D eigenvalue weighted by atomic mass is 16.5. The number of hydrogen-bond donors (Lipinski definition) is 0. The predicted molar refractivity (Wildman–Crippen MR) is 126 cm³/mol. The molecule has 0 spiro atoms. The Morgan fingerprint density at radius 2 is 1.10 bits per heavy atom. The van der Waals surface area contributed by atoms with E-state index in [4.69, 9.17) is 9.72 Å². The van der Waals surface area contributed by atoms with Crippen LogP contribution in [0.5, 0.6) is 5.75 Å². The van der Waals surface area contributed by atoms with Gasteiger partial charge in [0.1, 0.15) is 5.75 Å². The van der Waals surface area contributed by atoms with Crippen LogP contribution in [0.3, 0.4) is 0 Å². The molecule has 0 bridgehead atoms. The molecule has 0 aliphatic carbocycles. The minimum Gasteiger partial charge on any atom is -0.497 e. The average molecular weight is 385 g/mol.